The number of rotatable bonds is 4. The first kappa shape index (κ1) is 12.0. The molecule has 0 aromatic carbocycles. The van der Waals surface area contributed by atoms with Crippen LogP contribution in [0.3, 0.4) is 0 Å². The predicted octanol–water partition coefficient (Wildman–Crippen LogP) is -0.0809. The van der Waals surface area contributed by atoms with Crippen LogP contribution in [-0.2, 0) is 9.59 Å². The number of hydrogen-bond acceptors (Lipinski definition) is 3. The number of carbonyl (C=O) groups excluding carboxylic acids is 1. The minimum Gasteiger partial charge on any atom is -0.481 e. The number of nitrogens with zero attached hydrogens (tertiary/aromatic N) is 1. The van der Waals surface area contributed by atoms with Gasteiger partial charge in [0.1, 0.15) is 0 Å². The molecule has 1 amide bonds. The van der Waals surface area contributed by atoms with Crippen molar-refractivity contribution in [1.29, 1.82) is 0 Å². The largest absolute Gasteiger partial charge is 0.481 e. The highest BCUT2D eigenvalue weighted by Gasteiger charge is 2.23. The van der Waals surface area contributed by atoms with Gasteiger partial charge in [-0.15, -0.1) is 0 Å². The molecule has 86 valence electrons. The molecule has 0 bridgehead atoms. The molecule has 1 fully saturated rings. The molecule has 0 aromatic rings. The molecule has 15 heavy (non-hydrogen) atoms. The van der Waals surface area contributed by atoms with Crippen LogP contribution in [0.5, 0.6) is 0 Å². The number of carboxylic acid groups (broad SMARTS) is 1. The third-order valence-corrected chi connectivity index (χ3v) is 2.85. The Morgan fingerprint density at radius 2 is 2.00 bits per heavy atom. The quantitative estimate of drug-likeness (QED) is 0.686. The monoisotopic (exact) mass is 214 g/mol. The van der Waals surface area contributed by atoms with Crippen molar-refractivity contribution in [3.8, 4) is 0 Å². The molecule has 2 N–H and O–H groups in total. The Morgan fingerprint density at radius 3 is 2.47 bits per heavy atom. The van der Waals surface area contributed by atoms with Crippen molar-refractivity contribution in [1.82, 2.24) is 10.2 Å². The first-order valence-corrected chi connectivity index (χ1v) is 5.29. The van der Waals surface area contributed by atoms with E-state index in [0.29, 0.717) is 6.54 Å². The van der Waals surface area contributed by atoms with Crippen LogP contribution in [0.2, 0.25) is 0 Å². The molecule has 0 spiro atoms. The number of likely N-dealkylation sites (tertiary alicyclic amines) is 1. The van der Waals surface area contributed by atoms with Crippen molar-refractivity contribution in [2.24, 2.45) is 5.92 Å². The van der Waals surface area contributed by atoms with Gasteiger partial charge in [-0.3, -0.25) is 9.59 Å². The minimum absolute atomic E-state index is 0.105. The summed E-state index contributed by atoms with van der Waals surface area (Å²) in [4.78, 5) is 23.8. The maximum absolute atomic E-state index is 11.3. The van der Waals surface area contributed by atoms with Crippen molar-refractivity contribution < 1.29 is 14.7 Å². The van der Waals surface area contributed by atoms with E-state index in [4.69, 9.17) is 5.11 Å². The summed E-state index contributed by atoms with van der Waals surface area (Å²) < 4.78 is 0. The van der Waals surface area contributed by atoms with E-state index in [0.717, 1.165) is 25.9 Å². The Kier molecular flexibility index (Phi) is 4.55. The van der Waals surface area contributed by atoms with Gasteiger partial charge in [-0.25, -0.2) is 0 Å². The Balaban J connectivity index is 2.23. The second kappa shape index (κ2) is 5.70. The normalized spacial score (nSPS) is 18.7. The Labute approximate surface area is 89.4 Å². The molecule has 0 radical (unpaired) electrons. The molecule has 1 rings (SSSR count). The Morgan fingerprint density at radius 1 is 1.40 bits per heavy atom. The van der Waals surface area contributed by atoms with Gasteiger partial charge in [-0.1, -0.05) is 0 Å². The van der Waals surface area contributed by atoms with Gasteiger partial charge in [0.05, 0.1) is 6.42 Å². The van der Waals surface area contributed by atoms with Crippen molar-refractivity contribution in [2.75, 3.05) is 26.7 Å². The summed E-state index contributed by atoms with van der Waals surface area (Å²) in [6.45, 7) is 2.24. The lowest BCUT2D eigenvalue weighted by atomic mass is 9.96. The lowest BCUT2D eigenvalue weighted by Gasteiger charge is -2.30. The number of nitrogens with one attached hydrogen (secondary N) is 1. The fourth-order valence-corrected chi connectivity index (χ4v) is 1.88. The van der Waals surface area contributed by atoms with Crippen LogP contribution in [0.15, 0.2) is 0 Å². The second-order valence-electron chi connectivity index (χ2n) is 3.87. The molecular formula is C10H18N2O3. The first-order valence-electron chi connectivity index (χ1n) is 5.29. The van der Waals surface area contributed by atoms with Gasteiger partial charge in [0, 0.05) is 19.5 Å². The van der Waals surface area contributed by atoms with Crippen molar-refractivity contribution in [2.45, 2.75) is 19.3 Å². The number of carbonyl (C=O) groups is 2. The number of hydrogen-bond donors (Lipinski definition) is 2. The highest BCUT2D eigenvalue weighted by Crippen LogP contribution is 2.17. The van der Waals surface area contributed by atoms with E-state index in [1.807, 2.05) is 0 Å². The van der Waals surface area contributed by atoms with Crippen LogP contribution < -0.4 is 5.32 Å². The van der Waals surface area contributed by atoms with Crippen LogP contribution in [0.25, 0.3) is 0 Å². The Bertz CT molecular complexity index is 235. The molecule has 0 atom stereocenters. The standard InChI is InChI=1S/C10H18N2O3/c1-11-10(15)8-2-5-12(6-3-8)7-4-9(13)14/h8H,2-7H2,1H3,(H,11,15)(H,13,14). The molecular weight excluding hydrogens is 196 g/mol. The van der Waals surface area contributed by atoms with Crippen LogP contribution in [0.1, 0.15) is 19.3 Å². The summed E-state index contributed by atoms with van der Waals surface area (Å²) in [6.07, 6.45) is 1.85. The van der Waals surface area contributed by atoms with E-state index in [-0.39, 0.29) is 18.2 Å². The molecule has 0 aromatic heterocycles. The van der Waals surface area contributed by atoms with Gasteiger partial charge in [0.15, 0.2) is 0 Å². The van der Waals surface area contributed by atoms with Crippen molar-refractivity contribution in [3.63, 3.8) is 0 Å². The molecule has 1 saturated heterocycles. The summed E-state index contributed by atoms with van der Waals surface area (Å²) in [6, 6.07) is 0. The molecule has 1 heterocycles. The SMILES string of the molecule is CNC(=O)C1CCN(CCC(=O)O)CC1. The fourth-order valence-electron chi connectivity index (χ4n) is 1.88. The van der Waals surface area contributed by atoms with E-state index >= 15 is 0 Å². The highest BCUT2D eigenvalue weighted by molar-refractivity contribution is 5.78. The van der Waals surface area contributed by atoms with Crippen LogP contribution in [-0.4, -0.2) is 48.6 Å². The smallest absolute Gasteiger partial charge is 0.304 e. The number of amides is 1. The lowest BCUT2D eigenvalue weighted by Crippen LogP contribution is -2.40. The molecule has 5 nitrogen and oxygen atoms in total. The van der Waals surface area contributed by atoms with Gasteiger partial charge in [0.25, 0.3) is 0 Å². The van der Waals surface area contributed by atoms with Crippen LogP contribution in [0, 0.1) is 5.92 Å². The zero-order valence-corrected chi connectivity index (χ0v) is 9.03. The van der Waals surface area contributed by atoms with Gasteiger partial charge >= 0.3 is 5.97 Å². The number of aliphatic carboxylic acids is 1. The topological polar surface area (TPSA) is 69.6 Å². The average Bonchev–Trinajstić information content (AvgIpc) is 2.26. The lowest BCUT2D eigenvalue weighted by molar-refractivity contribution is -0.137. The summed E-state index contributed by atoms with van der Waals surface area (Å²) in [5.41, 5.74) is 0. The van der Waals surface area contributed by atoms with Gasteiger partial charge in [-0.05, 0) is 25.9 Å². The summed E-state index contributed by atoms with van der Waals surface area (Å²) in [7, 11) is 1.65. The molecule has 0 unspecified atom stereocenters. The fraction of sp³-hybridized carbons (Fsp3) is 0.800. The Hall–Kier alpha value is -1.10. The first-order chi connectivity index (χ1) is 7.13. The third-order valence-electron chi connectivity index (χ3n) is 2.85. The van der Waals surface area contributed by atoms with E-state index in [1.165, 1.54) is 0 Å². The second-order valence-corrected chi connectivity index (χ2v) is 3.87. The molecule has 0 saturated carbocycles. The third kappa shape index (κ3) is 3.87. The van der Waals surface area contributed by atoms with E-state index in [1.54, 1.807) is 7.05 Å². The van der Waals surface area contributed by atoms with E-state index < -0.39 is 5.97 Å². The number of piperidine rings is 1. The van der Waals surface area contributed by atoms with Crippen molar-refractivity contribution >= 4 is 11.9 Å². The molecule has 1 aliphatic rings. The molecule has 1 aliphatic heterocycles. The van der Waals surface area contributed by atoms with Gasteiger partial charge < -0.3 is 15.3 Å². The number of carboxylic acids is 1. The highest BCUT2D eigenvalue weighted by atomic mass is 16.4. The maximum Gasteiger partial charge on any atom is 0.304 e. The van der Waals surface area contributed by atoms with Crippen LogP contribution in [0.4, 0.5) is 0 Å². The average molecular weight is 214 g/mol. The summed E-state index contributed by atoms with van der Waals surface area (Å²) >= 11 is 0. The maximum atomic E-state index is 11.3. The minimum atomic E-state index is -0.761. The van der Waals surface area contributed by atoms with Crippen LogP contribution >= 0.6 is 0 Å². The summed E-state index contributed by atoms with van der Waals surface area (Å²) in [5, 5.41) is 11.2. The molecule has 0 aliphatic carbocycles. The summed E-state index contributed by atoms with van der Waals surface area (Å²) in [5.74, 6) is -0.549. The zero-order chi connectivity index (χ0) is 11.3. The van der Waals surface area contributed by atoms with E-state index in [9.17, 15) is 9.59 Å². The van der Waals surface area contributed by atoms with Gasteiger partial charge in [0.2, 0.25) is 5.91 Å². The van der Waals surface area contributed by atoms with E-state index in [2.05, 4.69) is 10.2 Å². The molecule has 5 heteroatoms. The zero-order valence-electron chi connectivity index (χ0n) is 9.03. The van der Waals surface area contributed by atoms with Crippen molar-refractivity contribution in [3.05, 3.63) is 0 Å². The van der Waals surface area contributed by atoms with Gasteiger partial charge in [-0.2, -0.15) is 0 Å². The predicted molar refractivity (Wildman–Crippen MR) is 55.5 cm³/mol.